The van der Waals surface area contributed by atoms with Crippen molar-refractivity contribution in [3.05, 3.63) is 34.9 Å². The van der Waals surface area contributed by atoms with Gasteiger partial charge in [0.05, 0.1) is 6.61 Å². The zero-order valence-electron chi connectivity index (χ0n) is 17.3. The minimum absolute atomic E-state index is 0.00368. The van der Waals surface area contributed by atoms with Crippen LogP contribution in [0.2, 0.25) is 5.02 Å². The van der Waals surface area contributed by atoms with Gasteiger partial charge >= 0.3 is 0 Å². The van der Waals surface area contributed by atoms with Gasteiger partial charge in [-0.25, -0.2) is 0 Å². The predicted octanol–water partition coefficient (Wildman–Crippen LogP) is 2.86. The Morgan fingerprint density at radius 2 is 1.83 bits per heavy atom. The van der Waals surface area contributed by atoms with Crippen LogP contribution < -0.4 is 0 Å². The van der Waals surface area contributed by atoms with Crippen molar-refractivity contribution in [1.29, 1.82) is 0 Å². The topological polar surface area (TPSA) is 53.1 Å². The third kappa shape index (κ3) is 4.03. The molecule has 1 atom stereocenters. The van der Waals surface area contributed by atoms with Crippen LogP contribution in [0, 0.1) is 5.92 Å². The Morgan fingerprint density at radius 1 is 1.14 bits per heavy atom. The summed E-state index contributed by atoms with van der Waals surface area (Å²) < 4.78 is 6.28. The molecular weight excluding hydrogens is 390 g/mol. The summed E-state index contributed by atoms with van der Waals surface area (Å²) in [5.74, 6) is 0.454. The monoisotopic (exact) mass is 419 g/mol. The number of hydrogen-bond donors (Lipinski definition) is 0. The van der Waals surface area contributed by atoms with Gasteiger partial charge in [0.15, 0.2) is 0 Å². The number of rotatable bonds is 2. The van der Waals surface area contributed by atoms with Gasteiger partial charge in [-0.1, -0.05) is 24.6 Å². The Bertz CT molecular complexity index is 770. The smallest absolute Gasteiger partial charge is 0.256 e. The first-order valence-corrected chi connectivity index (χ1v) is 11.0. The molecule has 1 saturated carbocycles. The fraction of sp³-hybridized carbons (Fsp3) is 0.636. The van der Waals surface area contributed by atoms with Crippen molar-refractivity contribution in [3.8, 4) is 0 Å². The summed E-state index contributed by atoms with van der Waals surface area (Å²) >= 11 is 6.14. The normalized spacial score (nSPS) is 30.7. The van der Waals surface area contributed by atoms with E-state index in [1.165, 1.54) is 0 Å². The average Bonchev–Trinajstić information content (AvgIpc) is 3.08. The zero-order valence-corrected chi connectivity index (χ0v) is 18.0. The minimum atomic E-state index is -0.682. The van der Waals surface area contributed by atoms with Crippen LogP contribution in [0.3, 0.4) is 0 Å². The number of halogens is 1. The molecule has 1 spiro atoms. The molecule has 0 radical (unpaired) electrons. The van der Waals surface area contributed by atoms with Crippen molar-refractivity contribution in [2.24, 2.45) is 5.92 Å². The number of carbonyl (C=O) groups excluding carboxylic acids is 2. The lowest BCUT2D eigenvalue weighted by atomic mass is 9.83. The first-order chi connectivity index (χ1) is 13.9. The van der Waals surface area contributed by atoms with Crippen LogP contribution in [0.5, 0.6) is 0 Å². The molecule has 0 aromatic heterocycles. The lowest BCUT2D eigenvalue weighted by Gasteiger charge is -2.44. The molecule has 29 heavy (non-hydrogen) atoms. The van der Waals surface area contributed by atoms with Gasteiger partial charge in [-0.05, 0) is 56.8 Å². The summed E-state index contributed by atoms with van der Waals surface area (Å²) in [5, 5.41) is 0.518. The number of ether oxygens (including phenoxy) is 1. The Hall–Kier alpha value is -1.63. The van der Waals surface area contributed by atoms with E-state index in [1.54, 1.807) is 29.2 Å². The molecule has 2 heterocycles. The van der Waals surface area contributed by atoms with E-state index < -0.39 is 11.8 Å². The largest absolute Gasteiger partial charge is 0.353 e. The van der Waals surface area contributed by atoms with Gasteiger partial charge in [-0.3, -0.25) is 14.5 Å². The molecule has 0 bridgehead atoms. The van der Waals surface area contributed by atoms with E-state index in [9.17, 15) is 9.59 Å². The van der Waals surface area contributed by atoms with Crippen LogP contribution in [-0.2, 0) is 9.53 Å². The first-order valence-electron chi connectivity index (χ1n) is 10.6. The molecule has 1 aromatic carbocycles. The Labute approximate surface area is 177 Å². The lowest BCUT2D eigenvalue weighted by molar-refractivity contribution is -0.139. The first kappa shape index (κ1) is 20.6. The summed E-state index contributed by atoms with van der Waals surface area (Å²) in [6.07, 6.45) is 3.53. The highest BCUT2D eigenvalue weighted by Crippen LogP contribution is 2.43. The second-order valence-corrected chi connectivity index (χ2v) is 9.21. The van der Waals surface area contributed by atoms with Gasteiger partial charge < -0.3 is 14.5 Å². The molecular formula is C22H30ClN3O3. The Balaban J connectivity index is 1.63. The van der Waals surface area contributed by atoms with Gasteiger partial charge in [0.1, 0.15) is 11.8 Å². The molecule has 2 amide bonds. The van der Waals surface area contributed by atoms with Crippen molar-refractivity contribution >= 4 is 23.4 Å². The van der Waals surface area contributed by atoms with Crippen LogP contribution in [-0.4, -0.2) is 78.1 Å². The lowest BCUT2D eigenvalue weighted by Crippen LogP contribution is -2.59. The van der Waals surface area contributed by atoms with E-state index in [4.69, 9.17) is 16.3 Å². The third-order valence-electron chi connectivity index (χ3n) is 6.71. The molecule has 4 rings (SSSR count). The van der Waals surface area contributed by atoms with Gasteiger partial charge in [-0.2, -0.15) is 0 Å². The number of hydrogen-bond acceptors (Lipinski definition) is 4. The molecule has 7 heteroatoms. The SMILES string of the molecule is CC1CCC2(CC1)OC[C@H](C(=O)N1CCN(C)CC1)N2C(=O)c1cccc(Cl)c1. The molecule has 1 aliphatic carbocycles. The van der Waals surface area contributed by atoms with Crippen LogP contribution in [0.25, 0.3) is 0 Å². The van der Waals surface area contributed by atoms with Crippen molar-refractivity contribution in [1.82, 2.24) is 14.7 Å². The second kappa shape index (κ2) is 8.25. The van der Waals surface area contributed by atoms with E-state index in [0.717, 1.165) is 38.8 Å². The number of benzene rings is 1. The van der Waals surface area contributed by atoms with Crippen LogP contribution >= 0.6 is 11.6 Å². The average molecular weight is 420 g/mol. The molecule has 3 fully saturated rings. The van der Waals surface area contributed by atoms with E-state index >= 15 is 0 Å². The third-order valence-corrected chi connectivity index (χ3v) is 6.94. The number of piperazine rings is 1. The summed E-state index contributed by atoms with van der Waals surface area (Å²) in [6, 6.07) is 6.41. The summed E-state index contributed by atoms with van der Waals surface area (Å²) in [7, 11) is 2.06. The van der Waals surface area contributed by atoms with Gasteiger partial charge in [0, 0.05) is 36.8 Å². The Kier molecular flexibility index (Phi) is 5.87. The predicted molar refractivity (Wildman–Crippen MR) is 112 cm³/mol. The Morgan fingerprint density at radius 3 is 2.48 bits per heavy atom. The van der Waals surface area contributed by atoms with Gasteiger partial charge in [-0.15, -0.1) is 0 Å². The number of amides is 2. The molecule has 158 valence electrons. The molecule has 2 aliphatic heterocycles. The van der Waals surface area contributed by atoms with E-state index in [0.29, 0.717) is 29.6 Å². The fourth-order valence-electron chi connectivity index (χ4n) is 4.77. The maximum atomic E-state index is 13.6. The highest BCUT2D eigenvalue weighted by atomic mass is 35.5. The highest BCUT2D eigenvalue weighted by molar-refractivity contribution is 6.31. The molecule has 2 saturated heterocycles. The minimum Gasteiger partial charge on any atom is -0.353 e. The molecule has 0 unspecified atom stereocenters. The van der Waals surface area contributed by atoms with Gasteiger partial charge in [0.2, 0.25) is 5.91 Å². The van der Waals surface area contributed by atoms with Crippen molar-refractivity contribution < 1.29 is 14.3 Å². The van der Waals surface area contributed by atoms with Gasteiger partial charge in [0.25, 0.3) is 5.91 Å². The zero-order chi connectivity index (χ0) is 20.6. The number of likely N-dealkylation sites (N-methyl/N-ethyl adjacent to an activating group) is 1. The van der Waals surface area contributed by atoms with E-state index in [1.807, 2.05) is 4.90 Å². The van der Waals surface area contributed by atoms with E-state index in [2.05, 4.69) is 18.9 Å². The van der Waals surface area contributed by atoms with Crippen LogP contribution in [0.15, 0.2) is 24.3 Å². The quantitative estimate of drug-likeness (QED) is 0.739. The van der Waals surface area contributed by atoms with Crippen molar-refractivity contribution in [3.63, 3.8) is 0 Å². The molecule has 1 aromatic rings. The number of carbonyl (C=O) groups is 2. The van der Waals surface area contributed by atoms with Crippen molar-refractivity contribution in [2.45, 2.75) is 44.4 Å². The van der Waals surface area contributed by atoms with Crippen molar-refractivity contribution in [2.75, 3.05) is 39.8 Å². The molecule has 6 nitrogen and oxygen atoms in total. The maximum absolute atomic E-state index is 13.6. The fourth-order valence-corrected chi connectivity index (χ4v) is 4.96. The molecule has 3 aliphatic rings. The van der Waals surface area contributed by atoms with Crippen LogP contribution in [0.1, 0.15) is 43.0 Å². The van der Waals surface area contributed by atoms with Crippen LogP contribution in [0.4, 0.5) is 0 Å². The molecule has 0 N–H and O–H groups in total. The summed E-state index contributed by atoms with van der Waals surface area (Å²) in [5.41, 5.74) is -0.170. The summed E-state index contributed by atoms with van der Waals surface area (Å²) in [4.78, 5) is 32.9. The van der Waals surface area contributed by atoms with E-state index in [-0.39, 0.29) is 18.4 Å². The summed E-state index contributed by atoms with van der Waals surface area (Å²) in [6.45, 7) is 5.59. The second-order valence-electron chi connectivity index (χ2n) is 8.77. The highest BCUT2D eigenvalue weighted by Gasteiger charge is 2.54. The standard InChI is InChI=1S/C22H30ClN3O3/c1-16-6-8-22(9-7-16)26(20(27)17-4-3-5-18(23)14-17)19(15-29-22)21(28)25-12-10-24(2)11-13-25/h3-5,14,16,19H,6-13,15H2,1-2H3/t16?,19-,22?/m1/s1. The maximum Gasteiger partial charge on any atom is 0.256 e. The number of nitrogens with zero attached hydrogens (tertiary/aromatic N) is 3.